The summed E-state index contributed by atoms with van der Waals surface area (Å²) in [6.07, 6.45) is 3.07. The summed E-state index contributed by atoms with van der Waals surface area (Å²) in [7, 11) is -3.76. The Bertz CT molecular complexity index is 865. The Labute approximate surface area is 159 Å². The Morgan fingerprint density at radius 2 is 1.77 bits per heavy atom. The largest absolute Gasteiger partial charge is 0.352 e. The molecule has 0 aliphatic carbocycles. The highest BCUT2D eigenvalue weighted by Crippen LogP contribution is 2.25. The summed E-state index contributed by atoms with van der Waals surface area (Å²) in [5.74, 6) is -0.205. The lowest BCUT2D eigenvalue weighted by molar-refractivity contribution is 0.0953. The molecule has 2 rings (SSSR count). The van der Waals surface area contributed by atoms with Crippen LogP contribution in [0.25, 0.3) is 0 Å². The van der Waals surface area contributed by atoms with E-state index in [1.807, 2.05) is 0 Å². The molecule has 2 aromatic carbocycles. The molecule has 0 unspecified atom stereocenters. The Morgan fingerprint density at radius 1 is 1.08 bits per heavy atom. The second-order valence-corrected chi connectivity index (χ2v) is 8.09. The second-order valence-electron chi connectivity index (χ2n) is 6.01. The maximum absolute atomic E-state index is 12.5. The van der Waals surface area contributed by atoms with Crippen molar-refractivity contribution in [1.82, 2.24) is 5.32 Å². The van der Waals surface area contributed by atoms with Crippen LogP contribution in [0.1, 0.15) is 42.1 Å². The van der Waals surface area contributed by atoms with Crippen molar-refractivity contribution in [3.8, 4) is 0 Å². The van der Waals surface area contributed by atoms with E-state index in [2.05, 4.69) is 17.0 Å². The number of rotatable bonds is 8. The van der Waals surface area contributed by atoms with Gasteiger partial charge in [0.15, 0.2) is 0 Å². The van der Waals surface area contributed by atoms with Gasteiger partial charge in [0.2, 0.25) is 0 Å². The van der Waals surface area contributed by atoms with Crippen LogP contribution in [0, 0.1) is 6.92 Å². The lowest BCUT2D eigenvalue weighted by atomic mass is 10.2. The number of hydrogen-bond acceptors (Lipinski definition) is 3. The van der Waals surface area contributed by atoms with Crippen LogP contribution in [0.2, 0.25) is 5.02 Å². The van der Waals surface area contributed by atoms with Gasteiger partial charge in [-0.15, -0.1) is 0 Å². The van der Waals surface area contributed by atoms with Crippen LogP contribution in [0.3, 0.4) is 0 Å². The number of hydrogen-bond donors (Lipinski definition) is 2. The number of nitrogens with one attached hydrogen (secondary N) is 2. The highest BCUT2D eigenvalue weighted by atomic mass is 35.5. The molecule has 0 aliphatic heterocycles. The first kappa shape index (κ1) is 20.3. The summed E-state index contributed by atoms with van der Waals surface area (Å²) >= 11 is 6.03. The first-order valence-electron chi connectivity index (χ1n) is 8.51. The minimum Gasteiger partial charge on any atom is -0.352 e. The second kappa shape index (κ2) is 9.05. The Balaban J connectivity index is 2.09. The molecule has 0 fully saturated rings. The predicted octanol–water partition coefficient (Wildman–Crippen LogP) is 4.37. The Morgan fingerprint density at radius 3 is 2.42 bits per heavy atom. The van der Waals surface area contributed by atoms with Crippen molar-refractivity contribution in [1.29, 1.82) is 0 Å². The molecule has 0 saturated carbocycles. The average molecular weight is 395 g/mol. The minimum absolute atomic E-state index is 0.0828. The van der Waals surface area contributed by atoms with Crippen molar-refractivity contribution in [2.24, 2.45) is 0 Å². The van der Waals surface area contributed by atoms with Gasteiger partial charge in [-0.2, -0.15) is 0 Å². The molecule has 0 aromatic heterocycles. The fraction of sp³-hybridized carbons (Fsp3) is 0.316. The number of amides is 1. The summed E-state index contributed by atoms with van der Waals surface area (Å²) in [4.78, 5) is 12.1. The third-order valence-electron chi connectivity index (χ3n) is 4.00. The minimum atomic E-state index is -3.76. The number of carbonyl (C=O) groups excluding carboxylic acids is 1. The first-order chi connectivity index (χ1) is 12.3. The van der Waals surface area contributed by atoms with Crippen LogP contribution in [0.5, 0.6) is 0 Å². The summed E-state index contributed by atoms with van der Waals surface area (Å²) in [6.45, 7) is 4.45. The van der Waals surface area contributed by atoms with Crippen LogP contribution in [-0.2, 0) is 10.0 Å². The molecule has 1 amide bonds. The number of sulfonamides is 1. The third kappa shape index (κ3) is 5.22. The maximum Gasteiger partial charge on any atom is 0.261 e. The summed E-state index contributed by atoms with van der Waals surface area (Å²) in [5, 5.41) is 3.31. The molecule has 26 heavy (non-hydrogen) atoms. The zero-order valence-electron chi connectivity index (χ0n) is 14.9. The van der Waals surface area contributed by atoms with Crippen LogP contribution < -0.4 is 10.0 Å². The number of anilines is 1. The summed E-state index contributed by atoms with van der Waals surface area (Å²) < 4.78 is 27.6. The van der Waals surface area contributed by atoms with Gasteiger partial charge < -0.3 is 5.32 Å². The fourth-order valence-electron chi connectivity index (χ4n) is 2.39. The lowest BCUT2D eigenvalue weighted by Gasteiger charge is -2.12. The van der Waals surface area contributed by atoms with Crippen LogP contribution in [0.4, 0.5) is 5.69 Å². The molecule has 0 atom stereocenters. The molecule has 0 bridgehead atoms. The van der Waals surface area contributed by atoms with Gasteiger partial charge in [0.05, 0.1) is 10.6 Å². The quantitative estimate of drug-likeness (QED) is 0.653. The lowest BCUT2D eigenvalue weighted by Crippen LogP contribution is -2.24. The van der Waals surface area contributed by atoms with Gasteiger partial charge in [0, 0.05) is 17.1 Å². The zero-order valence-corrected chi connectivity index (χ0v) is 16.5. The molecule has 2 N–H and O–H groups in total. The molecule has 7 heteroatoms. The van der Waals surface area contributed by atoms with E-state index in [1.54, 1.807) is 25.1 Å². The molecule has 140 valence electrons. The van der Waals surface area contributed by atoms with Gasteiger partial charge in [-0.05, 0) is 55.3 Å². The van der Waals surface area contributed by atoms with Gasteiger partial charge in [-0.3, -0.25) is 9.52 Å². The summed E-state index contributed by atoms with van der Waals surface area (Å²) in [6, 6.07) is 10.9. The van der Waals surface area contributed by atoms with Crippen molar-refractivity contribution < 1.29 is 13.2 Å². The molecule has 0 spiro atoms. The molecule has 0 aliphatic rings. The molecule has 0 radical (unpaired) electrons. The Hall–Kier alpha value is -2.05. The highest BCUT2D eigenvalue weighted by molar-refractivity contribution is 7.92. The SMILES string of the molecule is CCCCCNC(=O)c1ccc(S(=O)(=O)Nc2cccc(Cl)c2C)cc1. The molecule has 0 heterocycles. The summed E-state index contributed by atoms with van der Waals surface area (Å²) in [5.41, 5.74) is 1.51. The van der Waals surface area contributed by atoms with Gasteiger partial charge in [-0.25, -0.2) is 8.42 Å². The van der Waals surface area contributed by atoms with E-state index in [9.17, 15) is 13.2 Å². The fourth-order valence-corrected chi connectivity index (χ4v) is 3.68. The van der Waals surface area contributed by atoms with E-state index in [0.717, 1.165) is 19.3 Å². The Kier molecular flexibility index (Phi) is 7.06. The number of carbonyl (C=O) groups is 1. The molecule has 5 nitrogen and oxygen atoms in total. The van der Waals surface area contributed by atoms with Gasteiger partial charge in [0.1, 0.15) is 0 Å². The smallest absolute Gasteiger partial charge is 0.261 e. The number of unbranched alkanes of at least 4 members (excludes halogenated alkanes) is 2. The van der Waals surface area contributed by atoms with E-state index in [4.69, 9.17) is 11.6 Å². The molecular weight excluding hydrogens is 372 g/mol. The van der Waals surface area contributed by atoms with Crippen LogP contribution >= 0.6 is 11.6 Å². The first-order valence-corrected chi connectivity index (χ1v) is 10.4. The maximum atomic E-state index is 12.5. The van der Waals surface area contributed by atoms with Crippen LogP contribution in [0.15, 0.2) is 47.4 Å². The van der Waals surface area contributed by atoms with Crippen molar-refractivity contribution >= 4 is 33.2 Å². The van der Waals surface area contributed by atoms with Crippen molar-refractivity contribution in [3.05, 3.63) is 58.6 Å². The number of halogens is 1. The van der Waals surface area contributed by atoms with Gasteiger partial charge >= 0.3 is 0 Å². The van der Waals surface area contributed by atoms with Crippen molar-refractivity contribution in [2.45, 2.75) is 38.0 Å². The topological polar surface area (TPSA) is 75.3 Å². The normalized spacial score (nSPS) is 11.2. The van der Waals surface area contributed by atoms with E-state index in [1.165, 1.54) is 24.3 Å². The van der Waals surface area contributed by atoms with E-state index < -0.39 is 10.0 Å². The van der Waals surface area contributed by atoms with Gasteiger partial charge in [-0.1, -0.05) is 37.4 Å². The van der Waals surface area contributed by atoms with Crippen molar-refractivity contribution in [3.63, 3.8) is 0 Å². The van der Waals surface area contributed by atoms with E-state index in [-0.39, 0.29) is 10.8 Å². The van der Waals surface area contributed by atoms with E-state index >= 15 is 0 Å². The standard InChI is InChI=1S/C19H23ClN2O3S/c1-3-4-5-13-21-19(23)15-9-11-16(12-10-15)26(24,25)22-18-8-6-7-17(20)14(18)2/h6-12,22H,3-5,13H2,1-2H3,(H,21,23). The molecule has 0 saturated heterocycles. The predicted molar refractivity (Wildman–Crippen MR) is 105 cm³/mol. The monoisotopic (exact) mass is 394 g/mol. The van der Waals surface area contributed by atoms with Crippen LogP contribution in [-0.4, -0.2) is 20.9 Å². The highest BCUT2D eigenvalue weighted by Gasteiger charge is 2.16. The number of benzene rings is 2. The van der Waals surface area contributed by atoms with Crippen molar-refractivity contribution in [2.75, 3.05) is 11.3 Å². The van der Waals surface area contributed by atoms with E-state index in [0.29, 0.717) is 28.4 Å². The zero-order chi connectivity index (χ0) is 19.2. The molecule has 2 aromatic rings. The average Bonchev–Trinajstić information content (AvgIpc) is 2.62. The molecular formula is C19H23ClN2O3S. The van der Waals surface area contributed by atoms with Gasteiger partial charge in [0.25, 0.3) is 15.9 Å². The third-order valence-corrected chi connectivity index (χ3v) is 5.80.